The molecule has 0 heterocycles. The number of nitrogens with zero attached hydrogens (tertiary/aromatic N) is 1. The molecule has 2 unspecified atom stereocenters. The van der Waals surface area contributed by atoms with Gasteiger partial charge in [0.1, 0.15) is 0 Å². The van der Waals surface area contributed by atoms with E-state index in [2.05, 4.69) is 11.8 Å². The monoisotopic (exact) mass is 252 g/mol. The van der Waals surface area contributed by atoms with Gasteiger partial charge in [-0.05, 0) is 32.1 Å². The van der Waals surface area contributed by atoms with Crippen molar-refractivity contribution in [2.24, 2.45) is 11.7 Å². The van der Waals surface area contributed by atoms with Gasteiger partial charge < -0.3 is 10.6 Å². The second kappa shape index (κ2) is 6.55. The van der Waals surface area contributed by atoms with Crippen molar-refractivity contribution in [1.82, 2.24) is 4.90 Å². The van der Waals surface area contributed by atoms with Crippen molar-refractivity contribution < 1.29 is 4.79 Å². The van der Waals surface area contributed by atoms with Gasteiger partial charge in [0, 0.05) is 18.6 Å². The predicted molar refractivity (Wildman–Crippen MR) is 74.2 cm³/mol. The van der Waals surface area contributed by atoms with Crippen molar-refractivity contribution >= 4 is 5.91 Å². The van der Waals surface area contributed by atoms with Crippen LogP contribution in [0.3, 0.4) is 0 Å². The van der Waals surface area contributed by atoms with E-state index >= 15 is 0 Å². The van der Waals surface area contributed by atoms with E-state index in [9.17, 15) is 4.79 Å². The van der Waals surface area contributed by atoms with Crippen molar-refractivity contribution in [3.8, 4) is 0 Å². The third kappa shape index (κ3) is 3.47. The lowest BCUT2D eigenvalue weighted by Gasteiger charge is -2.29. The Morgan fingerprint density at radius 1 is 1.17 bits per heavy atom. The average molecular weight is 252 g/mol. The van der Waals surface area contributed by atoms with E-state index in [1.54, 1.807) is 0 Å². The van der Waals surface area contributed by atoms with Crippen molar-refractivity contribution in [2.45, 2.75) is 76.8 Å². The zero-order valence-corrected chi connectivity index (χ0v) is 11.7. The molecule has 0 aromatic rings. The summed E-state index contributed by atoms with van der Waals surface area (Å²) in [6.45, 7) is 3.14. The summed E-state index contributed by atoms with van der Waals surface area (Å²) >= 11 is 0. The zero-order chi connectivity index (χ0) is 13.0. The number of hydrogen-bond donors (Lipinski definition) is 1. The topological polar surface area (TPSA) is 46.3 Å². The second-order valence-electron chi connectivity index (χ2n) is 6.02. The summed E-state index contributed by atoms with van der Waals surface area (Å²) in [6, 6.07) is 0.641. The van der Waals surface area contributed by atoms with E-state index in [1.807, 2.05) is 0 Å². The normalized spacial score (nSPS) is 28.8. The predicted octanol–water partition coefficient (Wildman–Crippen LogP) is 2.69. The average Bonchev–Trinajstić information content (AvgIpc) is 3.17. The maximum absolute atomic E-state index is 12.7. The molecule has 0 radical (unpaired) electrons. The van der Waals surface area contributed by atoms with Crippen LogP contribution in [0.4, 0.5) is 0 Å². The fraction of sp³-hybridized carbons (Fsp3) is 0.933. The van der Waals surface area contributed by atoms with Crippen LogP contribution < -0.4 is 5.73 Å². The summed E-state index contributed by atoms with van der Waals surface area (Å²) in [5, 5.41) is 0. The van der Waals surface area contributed by atoms with Crippen molar-refractivity contribution in [2.75, 3.05) is 6.54 Å². The third-order valence-electron chi connectivity index (χ3n) is 4.41. The van der Waals surface area contributed by atoms with E-state index in [4.69, 9.17) is 5.73 Å². The Balaban J connectivity index is 1.96. The van der Waals surface area contributed by atoms with E-state index in [1.165, 1.54) is 32.1 Å². The number of hydrogen-bond acceptors (Lipinski definition) is 2. The lowest BCUT2D eigenvalue weighted by atomic mass is 9.93. The molecule has 2 aliphatic carbocycles. The lowest BCUT2D eigenvalue weighted by Crippen LogP contribution is -2.45. The molecule has 0 spiro atoms. The summed E-state index contributed by atoms with van der Waals surface area (Å²) in [4.78, 5) is 14.8. The van der Waals surface area contributed by atoms with Gasteiger partial charge in [-0.3, -0.25) is 4.79 Å². The number of amides is 1. The molecule has 2 aliphatic rings. The first kappa shape index (κ1) is 13.9. The van der Waals surface area contributed by atoms with Gasteiger partial charge in [-0.1, -0.05) is 32.6 Å². The number of carbonyl (C=O) groups is 1. The largest absolute Gasteiger partial charge is 0.339 e. The minimum absolute atomic E-state index is 0.0999. The van der Waals surface area contributed by atoms with Gasteiger partial charge in [-0.15, -0.1) is 0 Å². The summed E-state index contributed by atoms with van der Waals surface area (Å²) in [5.74, 6) is 0.463. The van der Waals surface area contributed by atoms with Gasteiger partial charge in [-0.2, -0.15) is 0 Å². The molecule has 3 heteroatoms. The molecule has 1 amide bonds. The zero-order valence-electron chi connectivity index (χ0n) is 11.7. The van der Waals surface area contributed by atoms with Crippen LogP contribution in [-0.4, -0.2) is 29.4 Å². The maximum atomic E-state index is 12.7. The van der Waals surface area contributed by atoms with Crippen LogP contribution in [0.1, 0.15) is 64.7 Å². The molecule has 18 heavy (non-hydrogen) atoms. The molecule has 3 nitrogen and oxygen atoms in total. The Hall–Kier alpha value is -0.570. The van der Waals surface area contributed by atoms with Crippen molar-refractivity contribution in [1.29, 1.82) is 0 Å². The maximum Gasteiger partial charge on any atom is 0.227 e. The first-order valence-electron chi connectivity index (χ1n) is 7.80. The molecule has 2 saturated carbocycles. The highest BCUT2D eigenvalue weighted by Crippen LogP contribution is 2.31. The summed E-state index contributed by atoms with van der Waals surface area (Å²) in [5.41, 5.74) is 6.22. The number of nitrogens with two attached hydrogens (primary N) is 1. The molecule has 2 atom stereocenters. The first-order chi connectivity index (χ1) is 8.74. The van der Waals surface area contributed by atoms with Crippen molar-refractivity contribution in [3.63, 3.8) is 0 Å². The Labute approximate surface area is 111 Å². The fourth-order valence-electron chi connectivity index (χ4n) is 3.04. The Morgan fingerprint density at radius 2 is 1.89 bits per heavy atom. The molecule has 0 saturated heterocycles. The SMILES string of the molecule is CCCCN(C(=O)C1CCCCCC1N)C1CC1. The Morgan fingerprint density at radius 3 is 2.56 bits per heavy atom. The Kier molecular flexibility index (Phi) is 5.04. The van der Waals surface area contributed by atoms with Crippen LogP contribution in [0.15, 0.2) is 0 Å². The molecular weight excluding hydrogens is 224 g/mol. The highest BCUT2D eigenvalue weighted by Gasteiger charge is 2.37. The molecule has 0 aromatic heterocycles. The van der Waals surface area contributed by atoms with E-state index in [0.29, 0.717) is 11.9 Å². The van der Waals surface area contributed by atoms with Crippen LogP contribution in [0, 0.1) is 5.92 Å². The quantitative estimate of drug-likeness (QED) is 0.765. The molecular formula is C15H28N2O. The third-order valence-corrected chi connectivity index (χ3v) is 4.41. The molecule has 0 aromatic carbocycles. The number of unbranched alkanes of at least 4 members (excludes halogenated alkanes) is 1. The molecule has 2 fully saturated rings. The first-order valence-corrected chi connectivity index (χ1v) is 7.80. The summed E-state index contributed by atoms with van der Waals surface area (Å²) in [6.07, 6.45) is 10.4. The van der Waals surface area contributed by atoms with E-state index in [-0.39, 0.29) is 12.0 Å². The fourth-order valence-corrected chi connectivity index (χ4v) is 3.04. The minimum atomic E-state index is 0.0999. The highest BCUT2D eigenvalue weighted by molar-refractivity contribution is 5.80. The number of rotatable bonds is 5. The second-order valence-corrected chi connectivity index (χ2v) is 6.02. The summed E-state index contributed by atoms with van der Waals surface area (Å²) in [7, 11) is 0. The molecule has 0 aliphatic heterocycles. The molecule has 2 N–H and O–H groups in total. The van der Waals surface area contributed by atoms with Gasteiger partial charge in [-0.25, -0.2) is 0 Å². The van der Waals surface area contributed by atoms with Crippen molar-refractivity contribution in [3.05, 3.63) is 0 Å². The van der Waals surface area contributed by atoms with E-state index < -0.39 is 0 Å². The van der Waals surface area contributed by atoms with Crippen LogP contribution >= 0.6 is 0 Å². The van der Waals surface area contributed by atoms with Crippen LogP contribution in [-0.2, 0) is 4.79 Å². The van der Waals surface area contributed by atoms with Crippen LogP contribution in [0.2, 0.25) is 0 Å². The number of carbonyl (C=O) groups excluding carboxylic acids is 1. The molecule has 0 bridgehead atoms. The van der Waals surface area contributed by atoms with Gasteiger partial charge >= 0.3 is 0 Å². The molecule has 104 valence electrons. The standard InChI is InChI=1S/C15H28N2O/c1-2-3-11-17(12-9-10-12)15(18)13-7-5-4-6-8-14(13)16/h12-14H,2-11,16H2,1H3. The van der Waals surface area contributed by atoms with Gasteiger partial charge in [0.2, 0.25) is 5.91 Å². The molecule has 2 rings (SSSR count). The highest BCUT2D eigenvalue weighted by atomic mass is 16.2. The Bertz CT molecular complexity index is 276. The van der Waals surface area contributed by atoms with Gasteiger partial charge in [0.05, 0.1) is 5.92 Å². The lowest BCUT2D eigenvalue weighted by molar-refractivity contribution is -0.137. The van der Waals surface area contributed by atoms with Gasteiger partial charge in [0.15, 0.2) is 0 Å². The van der Waals surface area contributed by atoms with E-state index in [0.717, 1.165) is 32.2 Å². The van der Waals surface area contributed by atoms with Crippen LogP contribution in [0.5, 0.6) is 0 Å². The minimum Gasteiger partial charge on any atom is -0.339 e. The summed E-state index contributed by atoms with van der Waals surface area (Å²) < 4.78 is 0. The van der Waals surface area contributed by atoms with Crippen LogP contribution in [0.25, 0.3) is 0 Å². The smallest absolute Gasteiger partial charge is 0.227 e. The van der Waals surface area contributed by atoms with Gasteiger partial charge in [0.25, 0.3) is 0 Å².